The Morgan fingerprint density at radius 2 is 1.69 bits per heavy atom. The summed E-state index contributed by atoms with van der Waals surface area (Å²) >= 11 is 0. The maximum Gasteiger partial charge on any atom is 0.573 e. The monoisotopic (exact) mass is 504 g/mol. The van der Waals surface area contributed by atoms with E-state index in [0.29, 0.717) is 0 Å². The topological polar surface area (TPSA) is 126 Å². The van der Waals surface area contributed by atoms with Gasteiger partial charge in [0, 0.05) is 24.1 Å². The van der Waals surface area contributed by atoms with E-state index in [1.165, 1.54) is 37.7 Å². The van der Waals surface area contributed by atoms with Crippen molar-refractivity contribution in [2.45, 2.75) is 32.5 Å². The van der Waals surface area contributed by atoms with Crippen molar-refractivity contribution >= 4 is 17.5 Å². The van der Waals surface area contributed by atoms with Crippen molar-refractivity contribution in [3.05, 3.63) is 65.7 Å². The van der Waals surface area contributed by atoms with Gasteiger partial charge in [0.1, 0.15) is 11.4 Å². The van der Waals surface area contributed by atoms with E-state index in [0.717, 1.165) is 17.7 Å². The molecule has 36 heavy (non-hydrogen) atoms. The first kappa shape index (κ1) is 26.3. The van der Waals surface area contributed by atoms with Crippen LogP contribution in [0.5, 0.6) is 23.0 Å². The number of alkyl halides is 3. The Morgan fingerprint density at radius 3 is 2.31 bits per heavy atom. The molecule has 0 saturated carbocycles. The van der Waals surface area contributed by atoms with E-state index in [1.807, 2.05) is 20.8 Å². The molecule has 0 aliphatic carbocycles. The van der Waals surface area contributed by atoms with Gasteiger partial charge in [-0.05, 0) is 41.3 Å². The number of primary amides is 1. The van der Waals surface area contributed by atoms with Crippen LogP contribution in [0.15, 0.2) is 48.8 Å². The highest BCUT2D eigenvalue weighted by Crippen LogP contribution is 2.38. The summed E-state index contributed by atoms with van der Waals surface area (Å²) in [6.45, 7) is 5.79. The number of nitrogens with two attached hydrogens (primary N) is 1. The van der Waals surface area contributed by atoms with Gasteiger partial charge >= 0.3 is 6.36 Å². The molecule has 0 bridgehead atoms. The lowest BCUT2D eigenvalue weighted by Gasteiger charge is -2.21. The van der Waals surface area contributed by atoms with Gasteiger partial charge in [0.15, 0.2) is 22.9 Å². The van der Waals surface area contributed by atoms with Gasteiger partial charge in [0.2, 0.25) is 0 Å². The summed E-state index contributed by atoms with van der Waals surface area (Å²) in [6, 6.07) is 7.63. The second-order valence-corrected chi connectivity index (χ2v) is 8.53. The number of benzene rings is 1. The highest BCUT2D eigenvalue weighted by Gasteiger charge is 2.31. The van der Waals surface area contributed by atoms with Gasteiger partial charge in [-0.15, -0.1) is 13.2 Å². The van der Waals surface area contributed by atoms with Crippen molar-refractivity contribution in [1.82, 2.24) is 9.97 Å². The summed E-state index contributed by atoms with van der Waals surface area (Å²) < 4.78 is 52.8. The minimum atomic E-state index is -4.88. The van der Waals surface area contributed by atoms with E-state index < -0.39 is 23.9 Å². The van der Waals surface area contributed by atoms with Crippen LogP contribution in [0, 0.1) is 0 Å². The number of carbonyl (C=O) groups is 2. The number of rotatable bonds is 7. The number of halogens is 3. The molecule has 0 saturated heterocycles. The first-order chi connectivity index (χ1) is 16.8. The molecule has 0 radical (unpaired) electrons. The maximum absolute atomic E-state index is 13.1. The SMILES string of the molecule is COc1cc(OC(F)(F)F)ccc1Oc1cc(C(C)(C)C)cnc1C(=O)Nc1ccnc(C(N)=O)c1. The van der Waals surface area contributed by atoms with E-state index in [9.17, 15) is 22.8 Å². The molecular weight excluding hydrogens is 481 g/mol. The molecule has 3 rings (SSSR count). The Morgan fingerprint density at radius 1 is 0.972 bits per heavy atom. The molecular formula is C24H23F3N4O5. The summed E-state index contributed by atoms with van der Waals surface area (Å²) in [7, 11) is 1.25. The van der Waals surface area contributed by atoms with Gasteiger partial charge in [-0.25, -0.2) is 4.98 Å². The molecule has 2 amide bonds. The van der Waals surface area contributed by atoms with Gasteiger partial charge in [0.05, 0.1) is 7.11 Å². The summed E-state index contributed by atoms with van der Waals surface area (Å²) in [6.07, 6.45) is -2.07. The lowest BCUT2D eigenvalue weighted by Crippen LogP contribution is -2.19. The molecule has 190 valence electrons. The van der Waals surface area contributed by atoms with E-state index in [2.05, 4.69) is 20.0 Å². The third kappa shape index (κ3) is 6.62. The number of nitrogens with one attached hydrogen (secondary N) is 1. The van der Waals surface area contributed by atoms with Gasteiger partial charge < -0.3 is 25.3 Å². The number of ether oxygens (including phenoxy) is 3. The third-order valence-corrected chi connectivity index (χ3v) is 4.79. The van der Waals surface area contributed by atoms with Crippen molar-refractivity contribution in [2.24, 2.45) is 5.73 Å². The summed E-state index contributed by atoms with van der Waals surface area (Å²) in [5.74, 6) is -1.98. The number of anilines is 1. The van der Waals surface area contributed by atoms with Crippen LogP contribution in [0.2, 0.25) is 0 Å². The molecule has 9 nitrogen and oxygen atoms in total. The lowest BCUT2D eigenvalue weighted by molar-refractivity contribution is -0.274. The maximum atomic E-state index is 13.1. The van der Waals surface area contributed by atoms with E-state index in [-0.39, 0.29) is 39.7 Å². The van der Waals surface area contributed by atoms with Crippen molar-refractivity contribution in [3.63, 3.8) is 0 Å². The summed E-state index contributed by atoms with van der Waals surface area (Å²) in [5.41, 5.74) is 5.66. The second-order valence-electron chi connectivity index (χ2n) is 8.53. The predicted octanol–water partition coefficient (Wildman–Crippen LogP) is 4.82. The van der Waals surface area contributed by atoms with Crippen LogP contribution in [0.3, 0.4) is 0 Å². The zero-order chi connectivity index (χ0) is 26.7. The zero-order valence-electron chi connectivity index (χ0n) is 19.8. The molecule has 12 heteroatoms. The molecule has 0 aliphatic rings. The van der Waals surface area contributed by atoms with Gasteiger partial charge in [0.25, 0.3) is 11.8 Å². The smallest absolute Gasteiger partial charge is 0.493 e. The Hall–Kier alpha value is -4.35. The lowest BCUT2D eigenvalue weighted by atomic mass is 9.88. The number of carbonyl (C=O) groups excluding carboxylic acids is 2. The molecule has 1 aromatic carbocycles. The molecule has 3 N–H and O–H groups in total. The second kappa shape index (κ2) is 10.1. The van der Waals surface area contributed by atoms with Crippen molar-refractivity contribution in [1.29, 1.82) is 0 Å². The fourth-order valence-electron chi connectivity index (χ4n) is 2.98. The number of methoxy groups -OCH3 is 1. The Labute approximate surface area is 204 Å². The van der Waals surface area contributed by atoms with E-state index in [4.69, 9.17) is 15.2 Å². The quantitative estimate of drug-likeness (QED) is 0.472. The predicted molar refractivity (Wildman–Crippen MR) is 123 cm³/mol. The van der Waals surface area contributed by atoms with Crippen molar-refractivity contribution in [2.75, 3.05) is 12.4 Å². The van der Waals surface area contributed by atoms with Crippen molar-refractivity contribution < 1.29 is 37.0 Å². The molecule has 2 heterocycles. The first-order valence-electron chi connectivity index (χ1n) is 10.5. The Kier molecular flexibility index (Phi) is 7.37. The number of nitrogens with zero attached hydrogens (tertiary/aromatic N) is 2. The molecule has 3 aromatic rings. The molecule has 0 spiro atoms. The van der Waals surface area contributed by atoms with Crippen LogP contribution in [0.1, 0.15) is 47.3 Å². The van der Waals surface area contributed by atoms with Crippen LogP contribution in [-0.2, 0) is 5.41 Å². The van der Waals surface area contributed by atoms with Crippen molar-refractivity contribution in [3.8, 4) is 23.0 Å². The fraction of sp³-hybridized carbons (Fsp3) is 0.250. The average Bonchev–Trinajstić information content (AvgIpc) is 2.78. The normalized spacial score (nSPS) is 11.5. The number of amides is 2. The van der Waals surface area contributed by atoms with Crippen LogP contribution in [-0.4, -0.2) is 35.3 Å². The van der Waals surface area contributed by atoms with Crippen LogP contribution >= 0.6 is 0 Å². The standard InChI is InChI=1S/C24H23F3N4O5/c1-23(2,3)13-9-19(35-17-6-5-15(11-18(17)34-4)36-24(25,26)27)20(30-12-13)22(33)31-14-7-8-29-16(10-14)21(28)32/h5-12H,1-4H3,(H2,28,32)(H,29,31,33). The van der Waals surface area contributed by atoms with Gasteiger partial charge in [-0.2, -0.15) is 0 Å². The summed E-state index contributed by atoms with van der Waals surface area (Å²) in [5, 5.41) is 2.60. The van der Waals surface area contributed by atoms with Gasteiger partial charge in [-0.3, -0.25) is 14.6 Å². The van der Waals surface area contributed by atoms with Crippen LogP contribution in [0.25, 0.3) is 0 Å². The summed E-state index contributed by atoms with van der Waals surface area (Å²) in [4.78, 5) is 32.5. The highest BCUT2D eigenvalue weighted by molar-refractivity contribution is 6.05. The zero-order valence-corrected chi connectivity index (χ0v) is 19.8. The average molecular weight is 504 g/mol. The fourth-order valence-corrected chi connectivity index (χ4v) is 2.98. The first-order valence-corrected chi connectivity index (χ1v) is 10.5. The Bertz CT molecular complexity index is 1290. The van der Waals surface area contributed by atoms with E-state index >= 15 is 0 Å². The van der Waals surface area contributed by atoms with Gasteiger partial charge in [-0.1, -0.05) is 20.8 Å². The number of hydrogen-bond donors (Lipinski definition) is 2. The third-order valence-electron chi connectivity index (χ3n) is 4.79. The number of aromatic nitrogens is 2. The van der Waals surface area contributed by atoms with Crippen LogP contribution in [0.4, 0.5) is 18.9 Å². The van der Waals surface area contributed by atoms with E-state index in [1.54, 1.807) is 6.07 Å². The Balaban J connectivity index is 1.99. The number of pyridine rings is 2. The molecule has 0 fully saturated rings. The largest absolute Gasteiger partial charge is 0.573 e. The highest BCUT2D eigenvalue weighted by atomic mass is 19.4. The molecule has 0 atom stereocenters. The number of hydrogen-bond acceptors (Lipinski definition) is 7. The minimum absolute atomic E-state index is 0.0203. The van der Waals surface area contributed by atoms with Crippen LogP contribution < -0.4 is 25.3 Å². The minimum Gasteiger partial charge on any atom is -0.493 e. The molecule has 0 unspecified atom stereocenters. The molecule has 0 aliphatic heterocycles. The molecule has 2 aromatic heterocycles.